The van der Waals surface area contributed by atoms with E-state index >= 15 is 0 Å². The van der Waals surface area contributed by atoms with Crippen molar-refractivity contribution >= 4 is 38.7 Å². The zero-order valence-electron chi connectivity index (χ0n) is 14.7. The summed E-state index contributed by atoms with van der Waals surface area (Å²) in [4.78, 5) is -0.0124. The van der Waals surface area contributed by atoms with Gasteiger partial charge in [0, 0.05) is 6.04 Å². The van der Waals surface area contributed by atoms with Crippen LogP contribution in [0, 0.1) is 5.82 Å². The van der Waals surface area contributed by atoms with Crippen LogP contribution in [-0.4, -0.2) is 19.6 Å². The van der Waals surface area contributed by atoms with Gasteiger partial charge >= 0.3 is 0 Å². The van der Waals surface area contributed by atoms with Crippen molar-refractivity contribution in [3.05, 3.63) is 54.3 Å². The Morgan fingerprint density at radius 2 is 1.59 bits per heavy atom. The molecule has 0 unspecified atom stereocenters. The second kappa shape index (κ2) is 8.67. The molecule has 0 atom stereocenters. The molecule has 0 amide bonds. The second-order valence-electron chi connectivity index (χ2n) is 6.54. The number of rotatable bonds is 5. The van der Waals surface area contributed by atoms with Gasteiger partial charge in [0.05, 0.1) is 16.3 Å². The number of thiocarbonyl (C=S) groups is 1. The third-order valence-electron chi connectivity index (χ3n) is 4.48. The van der Waals surface area contributed by atoms with Gasteiger partial charge in [-0.3, -0.25) is 4.72 Å². The van der Waals surface area contributed by atoms with Crippen LogP contribution in [0.3, 0.4) is 0 Å². The second-order valence-corrected chi connectivity index (χ2v) is 8.63. The van der Waals surface area contributed by atoms with Gasteiger partial charge in [-0.15, -0.1) is 0 Å². The first-order valence-electron chi connectivity index (χ1n) is 8.89. The largest absolute Gasteiger partial charge is 0.360 e. The van der Waals surface area contributed by atoms with Crippen LogP contribution in [0.1, 0.15) is 32.1 Å². The Bertz CT molecular complexity index is 895. The van der Waals surface area contributed by atoms with E-state index in [0.717, 1.165) is 25.0 Å². The van der Waals surface area contributed by atoms with Crippen LogP contribution in [0.5, 0.6) is 0 Å². The minimum absolute atomic E-state index is 0.0124. The molecule has 0 aromatic heterocycles. The van der Waals surface area contributed by atoms with Gasteiger partial charge < -0.3 is 10.6 Å². The van der Waals surface area contributed by atoms with Gasteiger partial charge in [-0.25, -0.2) is 12.8 Å². The Morgan fingerprint density at radius 3 is 2.26 bits per heavy atom. The maximum atomic E-state index is 13.1. The lowest BCUT2D eigenvalue weighted by Crippen LogP contribution is -2.39. The summed E-state index contributed by atoms with van der Waals surface area (Å²) >= 11 is 5.38. The molecule has 0 bridgehead atoms. The average Bonchev–Trinajstić information content (AvgIpc) is 2.64. The van der Waals surface area contributed by atoms with E-state index < -0.39 is 15.8 Å². The van der Waals surface area contributed by atoms with Gasteiger partial charge in [0.2, 0.25) is 0 Å². The SMILES string of the molecule is O=S(=O)(Nc1ccccc1NC(=S)NC1CCCCC1)c1ccc(F)cc1. The molecule has 0 saturated heterocycles. The van der Waals surface area contributed by atoms with Crippen molar-refractivity contribution in [1.82, 2.24) is 5.32 Å². The number of halogens is 1. The van der Waals surface area contributed by atoms with Crippen LogP contribution in [0.25, 0.3) is 0 Å². The summed E-state index contributed by atoms with van der Waals surface area (Å²) in [5.41, 5.74) is 0.922. The highest BCUT2D eigenvalue weighted by Crippen LogP contribution is 2.25. The molecule has 5 nitrogen and oxygen atoms in total. The number of anilines is 2. The van der Waals surface area contributed by atoms with E-state index in [0.29, 0.717) is 22.5 Å². The molecule has 3 N–H and O–H groups in total. The Morgan fingerprint density at radius 1 is 0.963 bits per heavy atom. The van der Waals surface area contributed by atoms with Crippen LogP contribution in [-0.2, 0) is 10.0 Å². The molecular weight excluding hydrogens is 385 g/mol. The smallest absolute Gasteiger partial charge is 0.261 e. The van der Waals surface area contributed by atoms with E-state index in [2.05, 4.69) is 15.4 Å². The molecule has 2 aromatic carbocycles. The maximum Gasteiger partial charge on any atom is 0.261 e. The van der Waals surface area contributed by atoms with E-state index in [4.69, 9.17) is 12.2 Å². The first-order valence-corrected chi connectivity index (χ1v) is 10.8. The Labute approximate surface area is 164 Å². The molecule has 3 rings (SSSR count). The molecule has 144 valence electrons. The lowest BCUT2D eigenvalue weighted by molar-refractivity contribution is 0.415. The summed E-state index contributed by atoms with van der Waals surface area (Å²) in [5.74, 6) is -0.491. The summed E-state index contributed by atoms with van der Waals surface area (Å²) < 4.78 is 40.7. The van der Waals surface area contributed by atoms with Gasteiger partial charge in [-0.05, 0) is 61.5 Å². The lowest BCUT2D eigenvalue weighted by atomic mass is 9.96. The highest BCUT2D eigenvalue weighted by Gasteiger charge is 2.18. The molecule has 2 aromatic rings. The standard InChI is InChI=1S/C19H22FN3O2S2/c20-14-10-12-16(13-11-14)27(24,25)23-18-9-5-4-8-17(18)22-19(26)21-15-6-2-1-3-7-15/h4-5,8-13,15,23H,1-3,6-7H2,(H2,21,22,26). The number of sulfonamides is 1. The third kappa shape index (κ3) is 5.40. The number of nitrogens with one attached hydrogen (secondary N) is 3. The van der Waals surface area contributed by atoms with Crippen molar-refractivity contribution in [2.24, 2.45) is 0 Å². The van der Waals surface area contributed by atoms with E-state index in [1.54, 1.807) is 24.3 Å². The third-order valence-corrected chi connectivity index (χ3v) is 6.09. The Kier molecular flexibility index (Phi) is 6.28. The number of para-hydroxylation sites is 2. The summed E-state index contributed by atoms with van der Waals surface area (Å²) in [6, 6.07) is 11.9. The average molecular weight is 408 g/mol. The zero-order chi connectivity index (χ0) is 19.3. The fraction of sp³-hybridized carbons (Fsp3) is 0.316. The lowest BCUT2D eigenvalue weighted by Gasteiger charge is -2.25. The van der Waals surface area contributed by atoms with Crippen molar-refractivity contribution in [1.29, 1.82) is 0 Å². The van der Waals surface area contributed by atoms with Gasteiger partial charge in [0.1, 0.15) is 5.82 Å². The fourth-order valence-corrected chi connectivity index (χ4v) is 4.45. The van der Waals surface area contributed by atoms with Crippen molar-refractivity contribution in [3.63, 3.8) is 0 Å². The summed E-state index contributed by atoms with van der Waals surface area (Å²) in [5, 5.41) is 6.84. The summed E-state index contributed by atoms with van der Waals surface area (Å²) in [6.45, 7) is 0. The Hall–Kier alpha value is -2.19. The number of hydrogen-bond donors (Lipinski definition) is 3. The molecule has 1 fully saturated rings. The van der Waals surface area contributed by atoms with Gasteiger partial charge in [0.25, 0.3) is 10.0 Å². The van der Waals surface area contributed by atoms with Gasteiger partial charge in [-0.1, -0.05) is 31.4 Å². The van der Waals surface area contributed by atoms with Crippen LogP contribution in [0.4, 0.5) is 15.8 Å². The van der Waals surface area contributed by atoms with Crippen LogP contribution < -0.4 is 15.4 Å². The molecule has 0 heterocycles. The highest BCUT2D eigenvalue weighted by molar-refractivity contribution is 7.92. The molecule has 1 aliphatic carbocycles. The molecule has 0 radical (unpaired) electrons. The molecule has 1 aliphatic rings. The summed E-state index contributed by atoms with van der Waals surface area (Å²) in [6.07, 6.45) is 5.80. The van der Waals surface area contributed by atoms with Crippen molar-refractivity contribution < 1.29 is 12.8 Å². The fourth-order valence-electron chi connectivity index (χ4n) is 3.09. The van der Waals surface area contributed by atoms with Crippen LogP contribution in [0.15, 0.2) is 53.4 Å². The van der Waals surface area contributed by atoms with Crippen LogP contribution >= 0.6 is 12.2 Å². The summed E-state index contributed by atoms with van der Waals surface area (Å²) in [7, 11) is -3.84. The minimum Gasteiger partial charge on any atom is -0.360 e. The van der Waals surface area contributed by atoms with E-state index in [1.165, 1.54) is 31.4 Å². The van der Waals surface area contributed by atoms with E-state index in [9.17, 15) is 12.8 Å². The molecular formula is C19H22FN3O2S2. The molecule has 1 saturated carbocycles. The van der Waals surface area contributed by atoms with Crippen molar-refractivity contribution in [3.8, 4) is 0 Å². The van der Waals surface area contributed by atoms with E-state index in [1.807, 2.05) is 0 Å². The molecule has 0 aliphatic heterocycles. The molecule has 0 spiro atoms. The van der Waals surface area contributed by atoms with Crippen LogP contribution in [0.2, 0.25) is 0 Å². The Balaban J connectivity index is 1.71. The van der Waals surface area contributed by atoms with E-state index in [-0.39, 0.29) is 4.90 Å². The van der Waals surface area contributed by atoms with Gasteiger partial charge in [0.15, 0.2) is 5.11 Å². The number of benzene rings is 2. The monoisotopic (exact) mass is 407 g/mol. The quantitative estimate of drug-likeness (QED) is 0.647. The van der Waals surface area contributed by atoms with Gasteiger partial charge in [-0.2, -0.15) is 0 Å². The number of hydrogen-bond acceptors (Lipinski definition) is 3. The predicted octanol–water partition coefficient (Wildman–Crippen LogP) is 4.25. The molecule has 27 heavy (non-hydrogen) atoms. The first-order chi connectivity index (χ1) is 12.9. The zero-order valence-corrected chi connectivity index (χ0v) is 16.4. The molecule has 8 heteroatoms. The highest BCUT2D eigenvalue weighted by atomic mass is 32.2. The minimum atomic E-state index is -3.84. The maximum absolute atomic E-state index is 13.1. The van der Waals surface area contributed by atoms with Crippen molar-refractivity contribution in [2.75, 3.05) is 10.0 Å². The topological polar surface area (TPSA) is 70.2 Å². The normalized spacial score (nSPS) is 15.1. The predicted molar refractivity (Wildman–Crippen MR) is 110 cm³/mol. The first kappa shape index (κ1) is 19.6. The van der Waals surface area contributed by atoms with Crippen molar-refractivity contribution in [2.45, 2.75) is 43.0 Å².